The van der Waals surface area contributed by atoms with Crippen LogP contribution in [0.4, 0.5) is 0 Å². The molecule has 0 spiro atoms. The first-order valence-electron chi connectivity index (χ1n) is 8.56. The highest BCUT2D eigenvalue weighted by atomic mass is 16.5. The fraction of sp³-hybridized carbons (Fsp3) is 0.556. The Morgan fingerprint density at radius 1 is 1.22 bits per heavy atom. The van der Waals surface area contributed by atoms with E-state index < -0.39 is 0 Å². The third kappa shape index (κ3) is 2.63. The predicted molar refractivity (Wildman–Crippen MR) is 88.2 cm³/mol. The summed E-state index contributed by atoms with van der Waals surface area (Å²) in [7, 11) is 2.09. The average molecular weight is 313 g/mol. The first kappa shape index (κ1) is 14.7. The highest BCUT2D eigenvalue weighted by molar-refractivity contribution is 5.81. The third-order valence-corrected chi connectivity index (χ3v) is 5.20. The van der Waals surface area contributed by atoms with Gasteiger partial charge in [0.25, 0.3) is 5.91 Å². The molecule has 0 aliphatic carbocycles. The Kier molecular flexibility index (Phi) is 3.81. The van der Waals surface area contributed by atoms with E-state index in [9.17, 15) is 4.79 Å². The standard InChI is InChI=1S/C18H23N3O2/c1-20-15-6-3-2-5-14(15)19-17(20)13-8-10-21(11-9-13)18(22)16-7-4-12-23-16/h2-3,5-6,13,16H,4,7-12H2,1H3. The first-order chi connectivity index (χ1) is 11.2. The molecule has 2 fully saturated rings. The number of piperidine rings is 1. The summed E-state index contributed by atoms with van der Waals surface area (Å²) in [5.41, 5.74) is 2.24. The molecule has 2 aliphatic rings. The van der Waals surface area contributed by atoms with Crippen molar-refractivity contribution < 1.29 is 9.53 Å². The Morgan fingerprint density at radius 2 is 2.00 bits per heavy atom. The van der Waals surface area contributed by atoms with Crippen LogP contribution in [0.15, 0.2) is 24.3 Å². The van der Waals surface area contributed by atoms with Crippen molar-refractivity contribution in [2.24, 2.45) is 7.05 Å². The van der Waals surface area contributed by atoms with E-state index in [1.54, 1.807) is 0 Å². The van der Waals surface area contributed by atoms with Gasteiger partial charge in [-0.3, -0.25) is 4.79 Å². The Morgan fingerprint density at radius 3 is 2.70 bits per heavy atom. The van der Waals surface area contributed by atoms with Crippen LogP contribution in [0.25, 0.3) is 11.0 Å². The van der Waals surface area contributed by atoms with E-state index in [4.69, 9.17) is 9.72 Å². The van der Waals surface area contributed by atoms with E-state index in [0.717, 1.165) is 56.7 Å². The van der Waals surface area contributed by atoms with Gasteiger partial charge in [0.05, 0.1) is 11.0 Å². The van der Waals surface area contributed by atoms with Gasteiger partial charge in [0, 0.05) is 32.7 Å². The van der Waals surface area contributed by atoms with Crippen LogP contribution in [0.2, 0.25) is 0 Å². The molecule has 3 heterocycles. The molecule has 122 valence electrons. The molecule has 1 aromatic heterocycles. The number of amides is 1. The molecule has 2 aromatic rings. The SMILES string of the molecule is Cn1c(C2CCN(C(=O)C3CCCO3)CC2)nc2ccccc21. The van der Waals surface area contributed by atoms with Crippen molar-refractivity contribution >= 4 is 16.9 Å². The van der Waals surface area contributed by atoms with Crippen molar-refractivity contribution in [2.45, 2.75) is 37.7 Å². The maximum absolute atomic E-state index is 12.4. The monoisotopic (exact) mass is 313 g/mol. The summed E-state index contributed by atoms with van der Waals surface area (Å²) in [4.78, 5) is 19.2. The average Bonchev–Trinajstić information content (AvgIpc) is 3.23. The Balaban J connectivity index is 1.46. The van der Waals surface area contributed by atoms with E-state index in [2.05, 4.69) is 29.8 Å². The second kappa shape index (κ2) is 5.96. The number of likely N-dealkylation sites (tertiary alicyclic amines) is 1. The number of hydrogen-bond acceptors (Lipinski definition) is 3. The fourth-order valence-corrected chi connectivity index (χ4v) is 3.86. The molecule has 1 aromatic carbocycles. The van der Waals surface area contributed by atoms with Crippen molar-refractivity contribution in [1.29, 1.82) is 0 Å². The molecule has 0 N–H and O–H groups in total. The van der Waals surface area contributed by atoms with E-state index in [0.29, 0.717) is 5.92 Å². The summed E-state index contributed by atoms with van der Waals surface area (Å²) >= 11 is 0. The van der Waals surface area contributed by atoms with Gasteiger partial charge in [-0.05, 0) is 37.8 Å². The number of carbonyl (C=O) groups excluding carboxylic acids is 1. The van der Waals surface area contributed by atoms with Gasteiger partial charge >= 0.3 is 0 Å². The molecule has 5 nitrogen and oxygen atoms in total. The lowest BCUT2D eigenvalue weighted by Crippen LogP contribution is -2.43. The molecule has 2 aliphatic heterocycles. The lowest BCUT2D eigenvalue weighted by atomic mass is 9.95. The van der Waals surface area contributed by atoms with E-state index >= 15 is 0 Å². The number of benzene rings is 1. The molecule has 0 bridgehead atoms. The maximum atomic E-state index is 12.4. The number of hydrogen-bond donors (Lipinski definition) is 0. The van der Waals surface area contributed by atoms with Crippen LogP contribution in [0.3, 0.4) is 0 Å². The van der Waals surface area contributed by atoms with Crippen molar-refractivity contribution in [1.82, 2.24) is 14.5 Å². The van der Waals surface area contributed by atoms with Crippen molar-refractivity contribution in [2.75, 3.05) is 19.7 Å². The number of fused-ring (bicyclic) bond motifs is 1. The first-order valence-corrected chi connectivity index (χ1v) is 8.56. The minimum atomic E-state index is -0.192. The lowest BCUT2D eigenvalue weighted by molar-refractivity contribution is -0.142. The van der Waals surface area contributed by atoms with E-state index in [-0.39, 0.29) is 12.0 Å². The van der Waals surface area contributed by atoms with Gasteiger partial charge in [-0.1, -0.05) is 12.1 Å². The number of rotatable bonds is 2. The molecule has 2 saturated heterocycles. The molecule has 1 unspecified atom stereocenters. The second-order valence-corrected chi connectivity index (χ2v) is 6.62. The van der Waals surface area contributed by atoms with Gasteiger partial charge in [-0.2, -0.15) is 0 Å². The number of imidazole rings is 1. The van der Waals surface area contributed by atoms with Gasteiger partial charge in [0.15, 0.2) is 0 Å². The summed E-state index contributed by atoms with van der Waals surface area (Å²) < 4.78 is 7.74. The molecule has 1 atom stereocenters. The van der Waals surface area contributed by atoms with Crippen LogP contribution < -0.4 is 0 Å². The summed E-state index contributed by atoms with van der Waals surface area (Å²) in [6.07, 6.45) is 3.66. The summed E-state index contributed by atoms with van der Waals surface area (Å²) in [6.45, 7) is 2.35. The summed E-state index contributed by atoms with van der Waals surface area (Å²) in [5, 5.41) is 0. The van der Waals surface area contributed by atoms with Crippen LogP contribution in [0, 0.1) is 0 Å². The smallest absolute Gasteiger partial charge is 0.251 e. The lowest BCUT2D eigenvalue weighted by Gasteiger charge is -2.33. The number of ether oxygens (including phenoxy) is 1. The molecule has 0 radical (unpaired) electrons. The second-order valence-electron chi connectivity index (χ2n) is 6.62. The molecule has 1 amide bonds. The zero-order chi connectivity index (χ0) is 15.8. The van der Waals surface area contributed by atoms with Crippen LogP contribution in [-0.2, 0) is 16.6 Å². The molecule has 4 rings (SSSR count). The molecule has 0 saturated carbocycles. The molecule has 23 heavy (non-hydrogen) atoms. The number of nitrogens with zero attached hydrogens (tertiary/aromatic N) is 3. The fourth-order valence-electron chi connectivity index (χ4n) is 3.86. The van der Waals surface area contributed by atoms with Crippen LogP contribution in [-0.4, -0.2) is 46.2 Å². The van der Waals surface area contributed by atoms with Crippen LogP contribution in [0.1, 0.15) is 37.4 Å². The maximum Gasteiger partial charge on any atom is 0.251 e. The number of aromatic nitrogens is 2. The molecular formula is C18H23N3O2. The van der Waals surface area contributed by atoms with Crippen molar-refractivity contribution in [3.63, 3.8) is 0 Å². The van der Waals surface area contributed by atoms with Gasteiger partial charge in [-0.25, -0.2) is 4.98 Å². The third-order valence-electron chi connectivity index (χ3n) is 5.20. The summed E-state index contributed by atoms with van der Waals surface area (Å²) in [6, 6.07) is 8.26. The highest BCUT2D eigenvalue weighted by Crippen LogP contribution is 2.30. The quantitative estimate of drug-likeness (QED) is 0.855. The molecular weight excluding hydrogens is 290 g/mol. The van der Waals surface area contributed by atoms with Crippen molar-refractivity contribution in [3.8, 4) is 0 Å². The topological polar surface area (TPSA) is 47.4 Å². The number of aryl methyl sites for hydroxylation is 1. The van der Waals surface area contributed by atoms with Crippen molar-refractivity contribution in [3.05, 3.63) is 30.1 Å². The Labute approximate surface area is 136 Å². The summed E-state index contributed by atoms with van der Waals surface area (Å²) in [5.74, 6) is 1.77. The normalized spacial score (nSPS) is 22.8. The van der Waals surface area contributed by atoms with Gasteiger partial charge in [-0.15, -0.1) is 0 Å². The Bertz CT molecular complexity index is 710. The van der Waals surface area contributed by atoms with Crippen LogP contribution in [0.5, 0.6) is 0 Å². The van der Waals surface area contributed by atoms with E-state index in [1.807, 2.05) is 11.0 Å². The van der Waals surface area contributed by atoms with Gasteiger partial charge in [0.1, 0.15) is 11.9 Å². The molecule has 5 heteroatoms. The minimum absolute atomic E-state index is 0.186. The highest BCUT2D eigenvalue weighted by Gasteiger charge is 2.32. The zero-order valence-corrected chi connectivity index (χ0v) is 13.6. The Hall–Kier alpha value is -1.88. The van der Waals surface area contributed by atoms with E-state index in [1.165, 1.54) is 5.52 Å². The minimum Gasteiger partial charge on any atom is -0.368 e. The van der Waals surface area contributed by atoms with Gasteiger partial charge < -0.3 is 14.2 Å². The zero-order valence-electron chi connectivity index (χ0n) is 13.6. The van der Waals surface area contributed by atoms with Gasteiger partial charge in [0.2, 0.25) is 0 Å². The number of para-hydroxylation sites is 2. The largest absolute Gasteiger partial charge is 0.368 e. The number of carbonyl (C=O) groups is 1. The predicted octanol–water partition coefficient (Wildman–Crippen LogP) is 2.46. The van der Waals surface area contributed by atoms with Crippen LogP contribution >= 0.6 is 0 Å².